The molecule has 1 fully saturated rings. The van der Waals surface area contributed by atoms with Crippen LogP contribution in [0.25, 0.3) is 0 Å². The largest absolute Gasteiger partial charge is 0.468 e. The van der Waals surface area contributed by atoms with E-state index in [-0.39, 0.29) is 11.7 Å². The van der Waals surface area contributed by atoms with Crippen LogP contribution in [0.1, 0.15) is 39.0 Å². The van der Waals surface area contributed by atoms with Crippen molar-refractivity contribution in [2.24, 2.45) is 11.8 Å². The molecule has 1 aliphatic rings. The zero-order chi connectivity index (χ0) is 12.7. The smallest absolute Gasteiger partial charge is 0.316 e. The number of ether oxygens (including phenoxy) is 2. The summed E-state index contributed by atoms with van der Waals surface area (Å²) in [7, 11) is 1.34. The third-order valence-electron chi connectivity index (χ3n) is 3.24. The van der Waals surface area contributed by atoms with E-state index in [9.17, 15) is 9.59 Å². The van der Waals surface area contributed by atoms with Gasteiger partial charge in [-0.25, -0.2) is 0 Å². The normalized spacial score (nSPS) is 21.9. The maximum atomic E-state index is 12.2. The maximum Gasteiger partial charge on any atom is 0.316 e. The zero-order valence-electron chi connectivity index (χ0n) is 10.7. The Kier molecular flexibility index (Phi) is 6.19. The number of carbonyl (C=O) groups is 2. The maximum absolute atomic E-state index is 12.2. The Bertz CT molecular complexity index is 256. The van der Waals surface area contributed by atoms with Gasteiger partial charge < -0.3 is 9.47 Å². The van der Waals surface area contributed by atoms with Crippen molar-refractivity contribution in [2.75, 3.05) is 20.3 Å². The Morgan fingerprint density at radius 3 is 2.76 bits per heavy atom. The van der Waals surface area contributed by atoms with Crippen LogP contribution >= 0.6 is 0 Å². The van der Waals surface area contributed by atoms with Gasteiger partial charge in [0.2, 0.25) is 0 Å². The number of methoxy groups -OCH3 is 1. The second-order valence-corrected chi connectivity index (χ2v) is 4.53. The quantitative estimate of drug-likeness (QED) is 0.528. The summed E-state index contributed by atoms with van der Waals surface area (Å²) in [6, 6.07) is 0. The minimum Gasteiger partial charge on any atom is -0.468 e. The SMILES string of the molecule is CCCCC(C(=O)OC)C(=O)C1CCCOC1. The molecule has 0 aromatic rings. The van der Waals surface area contributed by atoms with Crippen LogP contribution < -0.4 is 0 Å². The van der Waals surface area contributed by atoms with Gasteiger partial charge in [-0.1, -0.05) is 19.8 Å². The first kappa shape index (κ1) is 14.2. The van der Waals surface area contributed by atoms with Crippen LogP contribution in [0, 0.1) is 11.8 Å². The highest BCUT2D eigenvalue weighted by molar-refractivity contribution is 6.00. The molecule has 2 unspecified atom stereocenters. The van der Waals surface area contributed by atoms with Crippen LogP contribution in [-0.4, -0.2) is 32.1 Å². The molecule has 2 atom stereocenters. The lowest BCUT2D eigenvalue weighted by Gasteiger charge is -2.24. The summed E-state index contributed by atoms with van der Waals surface area (Å²) in [4.78, 5) is 23.8. The third-order valence-corrected chi connectivity index (χ3v) is 3.24. The number of Topliss-reactive ketones (excluding diaryl/α,β-unsaturated/α-hetero) is 1. The Balaban J connectivity index is 2.60. The lowest BCUT2D eigenvalue weighted by Crippen LogP contribution is -2.35. The Hall–Kier alpha value is -0.900. The fourth-order valence-electron chi connectivity index (χ4n) is 2.18. The van der Waals surface area contributed by atoms with Crippen LogP contribution in [0.3, 0.4) is 0 Å². The standard InChI is InChI=1S/C13H22O4/c1-3-4-7-11(13(15)16-2)12(14)10-6-5-8-17-9-10/h10-11H,3-9H2,1-2H3. The first-order chi connectivity index (χ1) is 8.20. The number of carbonyl (C=O) groups excluding carboxylic acids is 2. The van der Waals surface area contributed by atoms with E-state index >= 15 is 0 Å². The summed E-state index contributed by atoms with van der Waals surface area (Å²) in [5, 5.41) is 0. The van der Waals surface area contributed by atoms with Gasteiger partial charge in [0.25, 0.3) is 0 Å². The number of hydrogen-bond acceptors (Lipinski definition) is 4. The van der Waals surface area contributed by atoms with Crippen molar-refractivity contribution in [3.8, 4) is 0 Å². The molecule has 4 nitrogen and oxygen atoms in total. The fourth-order valence-corrected chi connectivity index (χ4v) is 2.18. The Morgan fingerprint density at radius 2 is 2.24 bits per heavy atom. The predicted octanol–water partition coefficient (Wildman–Crippen LogP) is 1.96. The van der Waals surface area contributed by atoms with Gasteiger partial charge in [0.05, 0.1) is 13.7 Å². The molecule has 1 rings (SSSR count). The molecule has 0 saturated carbocycles. The van der Waals surface area contributed by atoms with Crippen molar-refractivity contribution in [1.29, 1.82) is 0 Å². The molecule has 0 amide bonds. The highest BCUT2D eigenvalue weighted by Crippen LogP contribution is 2.22. The van der Waals surface area contributed by atoms with Gasteiger partial charge in [0.15, 0.2) is 5.78 Å². The van der Waals surface area contributed by atoms with Crippen molar-refractivity contribution >= 4 is 11.8 Å². The molecule has 17 heavy (non-hydrogen) atoms. The van der Waals surface area contributed by atoms with Gasteiger partial charge in [0, 0.05) is 12.5 Å². The third kappa shape index (κ3) is 4.11. The van der Waals surface area contributed by atoms with E-state index in [0.717, 1.165) is 32.3 Å². The highest BCUT2D eigenvalue weighted by Gasteiger charge is 2.33. The molecular weight excluding hydrogens is 220 g/mol. The number of ketones is 1. The molecule has 0 radical (unpaired) electrons. The number of hydrogen-bond donors (Lipinski definition) is 0. The second-order valence-electron chi connectivity index (χ2n) is 4.53. The van der Waals surface area contributed by atoms with Crippen molar-refractivity contribution in [3.63, 3.8) is 0 Å². The van der Waals surface area contributed by atoms with E-state index in [2.05, 4.69) is 0 Å². The van der Waals surface area contributed by atoms with Gasteiger partial charge in [-0.2, -0.15) is 0 Å². The van der Waals surface area contributed by atoms with Gasteiger partial charge in [-0.05, 0) is 19.3 Å². The van der Waals surface area contributed by atoms with E-state index in [1.807, 2.05) is 6.92 Å². The van der Waals surface area contributed by atoms with Gasteiger partial charge in [-0.3, -0.25) is 9.59 Å². The topological polar surface area (TPSA) is 52.6 Å². The molecule has 0 spiro atoms. The Labute approximate surface area is 103 Å². The molecule has 1 aliphatic heterocycles. The highest BCUT2D eigenvalue weighted by atomic mass is 16.5. The molecule has 1 saturated heterocycles. The summed E-state index contributed by atoms with van der Waals surface area (Å²) in [5.41, 5.74) is 0. The number of unbranched alkanes of at least 4 members (excludes halogenated alkanes) is 1. The molecule has 1 heterocycles. The van der Waals surface area contributed by atoms with Crippen molar-refractivity contribution in [2.45, 2.75) is 39.0 Å². The van der Waals surface area contributed by atoms with Crippen molar-refractivity contribution < 1.29 is 19.1 Å². The molecular formula is C13H22O4. The van der Waals surface area contributed by atoms with Crippen molar-refractivity contribution in [1.82, 2.24) is 0 Å². The minimum atomic E-state index is -0.591. The average molecular weight is 242 g/mol. The van der Waals surface area contributed by atoms with Crippen LogP contribution in [0.4, 0.5) is 0 Å². The lowest BCUT2D eigenvalue weighted by molar-refractivity contribution is -0.152. The fraction of sp³-hybridized carbons (Fsp3) is 0.846. The van der Waals surface area contributed by atoms with E-state index in [1.165, 1.54) is 7.11 Å². The molecule has 0 aromatic carbocycles. The summed E-state index contributed by atoms with van der Waals surface area (Å²) < 4.78 is 10.0. The van der Waals surface area contributed by atoms with Gasteiger partial charge in [0.1, 0.15) is 5.92 Å². The van der Waals surface area contributed by atoms with E-state index in [4.69, 9.17) is 9.47 Å². The van der Waals surface area contributed by atoms with E-state index < -0.39 is 11.9 Å². The summed E-state index contributed by atoms with van der Waals surface area (Å²) >= 11 is 0. The second kappa shape index (κ2) is 7.43. The van der Waals surface area contributed by atoms with E-state index in [1.54, 1.807) is 0 Å². The predicted molar refractivity (Wildman–Crippen MR) is 63.6 cm³/mol. The summed E-state index contributed by atoms with van der Waals surface area (Å²) in [6.45, 7) is 3.22. The lowest BCUT2D eigenvalue weighted by atomic mass is 9.86. The van der Waals surface area contributed by atoms with Crippen LogP contribution in [0.15, 0.2) is 0 Å². The van der Waals surface area contributed by atoms with Gasteiger partial charge in [-0.15, -0.1) is 0 Å². The number of esters is 1. The van der Waals surface area contributed by atoms with Gasteiger partial charge >= 0.3 is 5.97 Å². The average Bonchev–Trinajstić information content (AvgIpc) is 2.39. The minimum absolute atomic E-state index is 0.00463. The first-order valence-electron chi connectivity index (χ1n) is 6.40. The molecule has 98 valence electrons. The molecule has 0 aromatic heterocycles. The van der Waals surface area contributed by atoms with Crippen LogP contribution in [0.5, 0.6) is 0 Å². The summed E-state index contributed by atoms with van der Waals surface area (Å²) in [5.74, 6) is -1.10. The number of rotatable bonds is 6. The van der Waals surface area contributed by atoms with Crippen LogP contribution in [-0.2, 0) is 19.1 Å². The monoisotopic (exact) mass is 242 g/mol. The van der Waals surface area contributed by atoms with E-state index in [0.29, 0.717) is 13.0 Å². The molecule has 0 aliphatic carbocycles. The molecule has 0 N–H and O–H groups in total. The zero-order valence-corrected chi connectivity index (χ0v) is 10.7. The first-order valence-corrected chi connectivity index (χ1v) is 6.40. The van der Waals surface area contributed by atoms with Crippen molar-refractivity contribution in [3.05, 3.63) is 0 Å². The molecule has 4 heteroatoms. The van der Waals surface area contributed by atoms with Crippen LogP contribution in [0.2, 0.25) is 0 Å². The summed E-state index contributed by atoms with van der Waals surface area (Å²) in [6.07, 6.45) is 4.18. The molecule has 0 bridgehead atoms. The Morgan fingerprint density at radius 1 is 1.47 bits per heavy atom.